The summed E-state index contributed by atoms with van der Waals surface area (Å²) in [6.07, 6.45) is 4.44. The van der Waals surface area contributed by atoms with Gasteiger partial charge < -0.3 is 35.1 Å². The predicted molar refractivity (Wildman–Crippen MR) is 180 cm³/mol. The standard InChI is InChI=1S/C38H41N2O6/c1-39-32-19-27(17-28-6-4-5-7-31(28)32)18-30(15-25-9-11-34(42)38(21-25)46-3)36(44)22-35(43)29(16-26-12-13-40-23-26)14-24-8-10-33(41)37(20-24)45-2/h4-13,17,19-21,23,29-30,35,39,41-43H,14-16,18,22H2,1-3H3/q-1. The molecule has 8 nitrogen and oxygen atoms in total. The maximum atomic E-state index is 14.2. The molecule has 0 aliphatic heterocycles. The number of carbonyl (C=O) groups is 1. The Morgan fingerprint density at radius 3 is 2.04 bits per heavy atom. The topological polar surface area (TPSA) is 122 Å². The number of Topliss-reactive ketones (excluding diaryl/α,β-unsaturated/α-hetero) is 1. The van der Waals surface area contributed by atoms with Crippen LogP contribution in [0.1, 0.15) is 28.7 Å². The van der Waals surface area contributed by atoms with Gasteiger partial charge in [-0.05, 0) is 84.0 Å². The number of phenols is 2. The number of hydrogen-bond acceptors (Lipinski definition) is 7. The van der Waals surface area contributed by atoms with Crippen LogP contribution in [0.4, 0.5) is 5.69 Å². The van der Waals surface area contributed by atoms with E-state index in [1.807, 2.05) is 31.3 Å². The number of nitrogens with one attached hydrogen (secondary N) is 1. The number of methoxy groups -OCH3 is 2. The molecule has 0 fully saturated rings. The second-order valence-electron chi connectivity index (χ2n) is 11.8. The molecule has 1 heterocycles. The number of carbonyl (C=O) groups excluding carboxylic acids is 1. The molecule has 0 saturated heterocycles. The van der Waals surface area contributed by atoms with Gasteiger partial charge in [0.1, 0.15) is 5.78 Å². The van der Waals surface area contributed by atoms with Gasteiger partial charge in [0.15, 0.2) is 23.0 Å². The zero-order valence-electron chi connectivity index (χ0n) is 26.4. The van der Waals surface area contributed by atoms with E-state index in [0.29, 0.717) is 37.2 Å². The lowest BCUT2D eigenvalue weighted by atomic mass is 9.82. The molecule has 4 aromatic carbocycles. The Bertz CT molecular complexity index is 1770. The van der Waals surface area contributed by atoms with Crippen LogP contribution in [0, 0.1) is 11.8 Å². The highest BCUT2D eigenvalue weighted by Crippen LogP contribution is 2.32. The van der Waals surface area contributed by atoms with Crippen LogP contribution in [-0.4, -0.2) is 48.5 Å². The number of aromatic nitrogens is 1. The number of aliphatic hydroxyl groups is 1. The van der Waals surface area contributed by atoms with Crippen molar-refractivity contribution in [3.8, 4) is 23.0 Å². The smallest absolute Gasteiger partial charge is 0.160 e. The minimum Gasteiger partial charge on any atom is -0.670 e. The first-order valence-electron chi connectivity index (χ1n) is 15.5. The van der Waals surface area contributed by atoms with Crippen LogP contribution in [0.15, 0.2) is 91.3 Å². The third-order valence-electron chi connectivity index (χ3n) is 8.66. The maximum absolute atomic E-state index is 14.2. The van der Waals surface area contributed by atoms with Gasteiger partial charge in [0.25, 0.3) is 0 Å². The number of benzene rings is 4. The molecule has 8 heteroatoms. The normalized spacial score (nSPS) is 13.2. The Kier molecular flexibility index (Phi) is 10.5. The second kappa shape index (κ2) is 14.9. The van der Waals surface area contributed by atoms with Gasteiger partial charge in [-0.3, -0.25) is 4.79 Å². The Balaban J connectivity index is 1.43. The molecule has 0 radical (unpaired) electrons. The SMILES string of the molecule is CNc1cc(CC(Cc2ccc(O)c(OC)c2)C(=O)CC(O)C(Cc2cc[n-]c2)Cc2ccc(O)c(OC)c2)cc2ccccc12. The van der Waals surface area contributed by atoms with E-state index in [1.165, 1.54) is 14.2 Å². The lowest BCUT2D eigenvalue weighted by molar-refractivity contribution is -0.125. The molecule has 0 bridgehead atoms. The van der Waals surface area contributed by atoms with Crippen molar-refractivity contribution in [3.63, 3.8) is 0 Å². The van der Waals surface area contributed by atoms with E-state index in [-0.39, 0.29) is 29.6 Å². The summed E-state index contributed by atoms with van der Waals surface area (Å²) in [4.78, 5) is 18.4. The monoisotopic (exact) mass is 621 g/mol. The average molecular weight is 622 g/mol. The highest BCUT2D eigenvalue weighted by atomic mass is 16.5. The van der Waals surface area contributed by atoms with Gasteiger partial charge in [-0.2, -0.15) is 12.4 Å². The number of fused-ring (bicyclic) bond motifs is 1. The van der Waals surface area contributed by atoms with Crippen molar-refractivity contribution >= 4 is 22.2 Å². The van der Waals surface area contributed by atoms with Gasteiger partial charge in [0.2, 0.25) is 0 Å². The summed E-state index contributed by atoms with van der Waals surface area (Å²) in [5.41, 5.74) is 4.71. The highest BCUT2D eigenvalue weighted by molar-refractivity contribution is 5.94. The zero-order valence-corrected chi connectivity index (χ0v) is 26.4. The van der Waals surface area contributed by atoms with E-state index >= 15 is 0 Å². The summed E-state index contributed by atoms with van der Waals surface area (Å²) in [7, 11) is 4.88. The molecule has 0 aliphatic rings. The molecule has 240 valence electrons. The molecule has 0 aliphatic carbocycles. The molecular formula is C38H41N2O6-. The Morgan fingerprint density at radius 2 is 1.41 bits per heavy atom. The van der Waals surface area contributed by atoms with Gasteiger partial charge in [-0.15, -0.1) is 0 Å². The molecule has 46 heavy (non-hydrogen) atoms. The summed E-state index contributed by atoms with van der Waals surface area (Å²) in [6, 6.07) is 24.5. The van der Waals surface area contributed by atoms with E-state index in [0.717, 1.165) is 38.7 Å². The van der Waals surface area contributed by atoms with Crippen LogP contribution >= 0.6 is 0 Å². The number of hydrogen-bond donors (Lipinski definition) is 4. The van der Waals surface area contributed by atoms with Crippen molar-refractivity contribution in [1.29, 1.82) is 0 Å². The van der Waals surface area contributed by atoms with Crippen molar-refractivity contribution in [3.05, 3.63) is 114 Å². The van der Waals surface area contributed by atoms with Crippen LogP contribution in [0.3, 0.4) is 0 Å². The quantitative estimate of drug-likeness (QED) is 0.111. The van der Waals surface area contributed by atoms with Gasteiger partial charge in [0, 0.05) is 30.5 Å². The molecule has 0 saturated carbocycles. The molecule has 3 unspecified atom stereocenters. The summed E-state index contributed by atoms with van der Waals surface area (Å²) >= 11 is 0. The number of rotatable bonds is 15. The van der Waals surface area contributed by atoms with E-state index in [9.17, 15) is 20.1 Å². The Hall–Kier alpha value is -4.95. The van der Waals surface area contributed by atoms with Crippen LogP contribution in [0.25, 0.3) is 10.8 Å². The van der Waals surface area contributed by atoms with Crippen molar-refractivity contribution in [1.82, 2.24) is 4.98 Å². The number of nitrogens with zero attached hydrogens (tertiary/aromatic N) is 1. The molecule has 0 amide bonds. The number of anilines is 1. The first-order chi connectivity index (χ1) is 22.3. The highest BCUT2D eigenvalue weighted by Gasteiger charge is 2.28. The largest absolute Gasteiger partial charge is 0.670 e. The summed E-state index contributed by atoms with van der Waals surface area (Å²) < 4.78 is 10.6. The van der Waals surface area contributed by atoms with Gasteiger partial charge in [-0.25, -0.2) is 0 Å². The third-order valence-corrected chi connectivity index (χ3v) is 8.66. The number of ketones is 1. The number of ether oxygens (including phenoxy) is 2. The van der Waals surface area contributed by atoms with Crippen LogP contribution < -0.4 is 19.8 Å². The van der Waals surface area contributed by atoms with E-state index in [1.54, 1.807) is 42.7 Å². The van der Waals surface area contributed by atoms with Crippen LogP contribution in [-0.2, 0) is 30.5 Å². The van der Waals surface area contributed by atoms with Gasteiger partial charge in [-0.1, -0.05) is 54.1 Å². The van der Waals surface area contributed by atoms with Crippen LogP contribution in [0.2, 0.25) is 0 Å². The van der Waals surface area contributed by atoms with Gasteiger partial charge in [0.05, 0.1) is 20.3 Å². The van der Waals surface area contributed by atoms with Gasteiger partial charge >= 0.3 is 0 Å². The molecule has 4 N–H and O–H groups in total. The van der Waals surface area contributed by atoms with Crippen molar-refractivity contribution < 1.29 is 29.6 Å². The average Bonchev–Trinajstić information content (AvgIpc) is 3.58. The fraction of sp³-hybridized carbons (Fsp3) is 0.289. The van der Waals surface area contributed by atoms with E-state index in [2.05, 4.69) is 34.6 Å². The molecule has 5 rings (SSSR count). The lowest BCUT2D eigenvalue weighted by Crippen LogP contribution is -2.31. The number of aromatic hydroxyl groups is 2. The molecular weight excluding hydrogens is 580 g/mol. The van der Waals surface area contributed by atoms with E-state index < -0.39 is 12.0 Å². The molecule has 5 aromatic rings. The Labute approximate surface area is 269 Å². The fourth-order valence-electron chi connectivity index (χ4n) is 6.19. The Morgan fingerprint density at radius 1 is 0.783 bits per heavy atom. The number of phenolic OH excluding ortho intramolecular Hbond substituents is 2. The summed E-state index contributed by atoms with van der Waals surface area (Å²) in [6.45, 7) is 0. The minimum absolute atomic E-state index is 0.0274. The van der Waals surface area contributed by atoms with Crippen LogP contribution in [0.5, 0.6) is 23.0 Å². The van der Waals surface area contributed by atoms with Crippen molar-refractivity contribution in [2.75, 3.05) is 26.6 Å². The summed E-state index contributed by atoms with van der Waals surface area (Å²) in [5.74, 6) is 0.0129. The summed E-state index contributed by atoms with van der Waals surface area (Å²) in [5, 5.41) is 37.4. The predicted octanol–water partition coefficient (Wildman–Crippen LogP) is 6.09. The molecule has 0 spiro atoms. The fourth-order valence-corrected chi connectivity index (χ4v) is 6.19. The first-order valence-corrected chi connectivity index (χ1v) is 15.5. The molecule has 3 atom stereocenters. The lowest BCUT2D eigenvalue weighted by Gasteiger charge is -2.25. The zero-order chi connectivity index (χ0) is 32.6. The minimum atomic E-state index is -0.927. The van der Waals surface area contributed by atoms with E-state index in [4.69, 9.17) is 9.47 Å². The maximum Gasteiger partial charge on any atom is 0.160 e. The van der Waals surface area contributed by atoms with Crippen molar-refractivity contribution in [2.24, 2.45) is 11.8 Å². The molecule has 1 aromatic heterocycles. The van der Waals surface area contributed by atoms with Crippen molar-refractivity contribution in [2.45, 2.75) is 38.2 Å². The second-order valence-corrected chi connectivity index (χ2v) is 11.8. The first kappa shape index (κ1) is 32.4. The number of aliphatic hydroxyl groups excluding tert-OH is 1. The third kappa shape index (κ3) is 7.82.